The third-order valence-corrected chi connectivity index (χ3v) is 5.36. The van der Waals surface area contributed by atoms with Crippen molar-refractivity contribution >= 4 is 22.6 Å². The van der Waals surface area contributed by atoms with Gasteiger partial charge in [-0.25, -0.2) is 0 Å². The van der Waals surface area contributed by atoms with Crippen molar-refractivity contribution in [2.24, 2.45) is 5.73 Å². The van der Waals surface area contributed by atoms with Gasteiger partial charge in [0.05, 0.1) is 0 Å². The van der Waals surface area contributed by atoms with Crippen molar-refractivity contribution in [3.63, 3.8) is 0 Å². The van der Waals surface area contributed by atoms with Crippen LogP contribution in [-0.2, 0) is 13.1 Å². The summed E-state index contributed by atoms with van der Waals surface area (Å²) in [6, 6.07) is 22.2. The van der Waals surface area contributed by atoms with Crippen molar-refractivity contribution in [1.82, 2.24) is 9.88 Å². The standard InChI is InChI=1S/C25H24N4O2/c1-16-4-2-7-22-21(16)13-23(25(31)28-14-17-8-10-20(30)11-9-17)29(22)15-18-5-3-6-19(12-18)24(26)27/h2-13,30H,14-15H2,1H3,(H3,26,27)(H,28,31). The summed E-state index contributed by atoms with van der Waals surface area (Å²) in [5.41, 5.74) is 10.8. The van der Waals surface area contributed by atoms with Gasteiger partial charge in [0.25, 0.3) is 5.91 Å². The van der Waals surface area contributed by atoms with E-state index in [1.54, 1.807) is 30.3 Å². The molecule has 156 valence electrons. The van der Waals surface area contributed by atoms with Gasteiger partial charge in [-0.1, -0.05) is 42.5 Å². The molecule has 0 fully saturated rings. The van der Waals surface area contributed by atoms with Gasteiger partial charge in [0.15, 0.2) is 0 Å². The minimum Gasteiger partial charge on any atom is -0.508 e. The smallest absolute Gasteiger partial charge is 0.268 e. The first kappa shape index (κ1) is 20.2. The molecule has 6 nitrogen and oxygen atoms in total. The number of rotatable bonds is 6. The van der Waals surface area contributed by atoms with E-state index in [0.29, 0.717) is 24.3 Å². The molecule has 0 aliphatic carbocycles. The first-order chi connectivity index (χ1) is 14.9. The zero-order valence-corrected chi connectivity index (χ0v) is 17.2. The number of carbonyl (C=O) groups excluding carboxylic acids is 1. The summed E-state index contributed by atoms with van der Waals surface area (Å²) < 4.78 is 1.99. The number of amidine groups is 1. The number of aromatic hydroxyl groups is 1. The molecule has 0 atom stereocenters. The van der Waals surface area contributed by atoms with Crippen molar-refractivity contribution < 1.29 is 9.90 Å². The Hall–Kier alpha value is -4.06. The molecule has 0 radical (unpaired) electrons. The van der Waals surface area contributed by atoms with E-state index in [9.17, 15) is 9.90 Å². The summed E-state index contributed by atoms with van der Waals surface area (Å²) in [5.74, 6) is 0.0341. The summed E-state index contributed by atoms with van der Waals surface area (Å²) in [6.45, 7) is 2.87. The number of aryl methyl sites for hydroxylation is 1. The fourth-order valence-electron chi connectivity index (χ4n) is 3.70. The highest BCUT2D eigenvalue weighted by Crippen LogP contribution is 2.25. The normalized spacial score (nSPS) is 10.9. The second-order valence-electron chi connectivity index (χ2n) is 7.59. The highest BCUT2D eigenvalue weighted by atomic mass is 16.3. The number of aromatic nitrogens is 1. The largest absolute Gasteiger partial charge is 0.508 e. The van der Waals surface area contributed by atoms with Crippen molar-refractivity contribution in [1.29, 1.82) is 5.41 Å². The summed E-state index contributed by atoms with van der Waals surface area (Å²) in [4.78, 5) is 13.1. The number of nitrogens with one attached hydrogen (secondary N) is 2. The Morgan fingerprint density at radius 2 is 1.77 bits per heavy atom. The van der Waals surface area contributed by atoms with Gasteiger partial charge in [0.1, 0.15) is 17.3 Å². The van der Waals surface area contributed by atoms with E-state index < -0.39 is 0 Å². The van der Waals surface area contributed by atoms with Gasteiger partial charge in [-0.2, -0.15) is 0 Å². The Balaban J connectivity index is 1.68. The van der Waals surface area contributed by atoms with Crippen LogP contribution < -0.4 is 11.1 Å². The molecule has 0 aliphatic rings. The third kappa shape index (κ3) is 4.28. The quantitative estimate of drug-likeness (QED) is 0.285. The Kier molecular flexibility index (Phi) is 5.45. The number of phenolic OH excluding ortho intramolecular Hbond substituents is 1. The molecule has 0 saturated carbocycles. The minimum atomic E-state index is -0.175. The molecule has 4 aromatic rings. The van der Waals surface area contributed by atoms with Gasteiger partial charge in [-0.05, 0) is 53.9 Å². The summed E-state index contributed by atoms with van der Waals surface area (Å²) in [7, 11) is 0. The van der Waals surface area contributed by atoms with Gasteiger partial charge in [0, 0.05) is 29.6 Å². The molecular formula is C25H24N4O2. The third-order valence-electron chi connectivity index (χ3n) is 5.36. The molecule has 0 bridgehead atoms. The number of nitrogens with zero attached hydrogens (tertiary/aromatic N) is 1. The average Bonchev–Trinajstić information content (AvgIpc) is 3.13. The lowest BCUT2D eigenvalue weighted by Crippen LogP contribution is -2.25. The van der Waals surface area contributed by atoms with Crippen LogP contribution in [0.3, 0.4) is 0 Å². The zero-order valence-electron chi connectivity index (χ0n) is 17.2. The Morgan fingerprint density at radius 3 is 2.52 bits per heavy atom. The van der Waals surface area contributed by atoms with E-state index in [4.69, 9.17) is 11.1 Å². The van der Waals surface area contributed by atoms with Gasteiger partial charge in [-0.15, -0.1) is 0 Å². The van der Waals surface area contributed by atoms with Gasteiger partial charge < -0.3 is 20.7 Å². The molecule has 0 aliphatic heterocycles. The molecule has 31 heavy (non-hydrogen) atoms. The van der Waals surface area contributed by atoms with E-state index in [0.717, 1.165) is 27.6 Å². The molecule has 6 heteroatoms. The molecular weight excluding hydrogens is 388 g/mol. The first-order valence-electron chi connectivity index (χ1n) is 10.0. The lowest BCUT2D eigenvalue weighted by atomic mass is 10.1. The number of benzene rings is 3. The van der Waals surface area contributed by atoms with Crippen LogP contribution >= 0.6 is 0 Å². The summed E-state index contributed by atoms with van der Waals surface area (Å²) >= 11 is 0. The highest BCUT2D eigenvalue weighted by Gasteiger charge is 2.17. The summed E-state index contributed by atoms with van der Waals surface area (Å²) in [5, 5.41) is 21.1. The number of fused-ring (bicyclic) bond motifs is 1. The van der Waals surface area contributed by atoms with Crippen molar-refractivity contribution in [2.75, 3.05) is 0 Å². The summed E-state index contributed by atoms with van der Waals surface area (Å²) in [6.07, 6.45) is 0. The predicted molar refractivity (Wildman–Crippen MR) is 123 cm³/mol. The zero-order chi connectivity index (χ0) is 22.0. The molecule has 0 unspecified atom stereocenters. The van der Waals surface area contributed by atoms with Crippen LogP contribution in [0.1, 0.15) is 32.7 Å². The number of phenols is 1. The van der Waals surface area contributed by atoms with E-state index in [2.05, 4.69) is 5.32 Å². The molecule has 3 aromatic carbocycles. The Labute approximate surface area is 180 Å². The van der Waals surface area contributed by atoms with Crippen LogP contribution in [0.15, 0.2) is 72.8 Å². The lowest BCUT2D eigenvalue weighted by molar-refractivity contribution is 0.0942. The van der Waals surface area contributed by atoms with Crippen molar-refractivity contribution in [2.45, 2.75) is 20.0 Å². The molecule has 4 rings (SSSR count). The van der Waals surface area contributed by atoms with E-state index >= 15 is 0 Å². The molecule has 0 saturated heterocycles. The average molecular weight is 412 g/mol. The number of nitrogen functional groups attached to an aromatic ring is 1. The minimum absolute atomic E-state index is 0.0157. The van der Waals surface area contributed by atoms with Crippen LogP contribution in [0, 0.1) is 12.3 Å². The van der Waals surface area contributed by atoms with Gasteiger partial charge in [-0.3, -0.25) is 10.2 Å². The first-order valence-corrected chi connectivity index (χ1v) is 10.0. The second kappa shape index (κ2) is 8.36. The number of nitrogens with two attached hydrogens (primary N) is 1. The Morgan fingerprint density at radius 1 is 1.03 bits per heavy atom. The number of carbonyl (C=O) groups is 1. The monoisotopic (exact) mass is 412 g/mol. The van der Waals surface area contributed by atoms with Crippen LogP contribution in [0.5, 0.6) is 5.75 Å². The van der Waals surface area contributed by atoms with E-state index in [1.165, 1.54) is 0 Å². The number of amides is 1. The van der Waals surface area contributed by atoms with Crippen LogP contribution in [0.2, 0.25) is 0 Å². The van der Waals surface area contributed by atoms with Gasteiger partial charge in [0.2, 0.25) is 0 Å². The molecule has 5 N–H and O–H groups in total. The molecule has 1 heterocycles. The van der Waals surface area contributed by atoms with Crippen molar-refractivity contribution in [3.8, 4) is 5.75 Å². The van der Waals surface area contributed by atoms with Crippen molar-refractivity contribution in [3.05, 3.63) is 101 Å². The SMILES string of the molecule is Cc1cccc2c1cc(C(=O)NCc1ccc(O)cc1)n2Cc1cccc(C(=N)N)c1. The Bertz CT molecular complexity index is 1270. The van der Waals surface area contributed by atoms with E-state index in [1.807, 2.05) is 54.0 Å². The molecule has 1 aromatic heterocycles. The fourth-order valence-corrected chi connectivity index (χ4v) is 3.70. The number of hydrogen-bond donors (Lipinski definition) is 4. The number of hydrogen-bond acceptors (Lipinski definition) is 3. The van der Waals surface area contributed by atoms with E-state index in [-0.39, 0.29) is 17.5 Å². The maximum Gasteiger partial charge on any atom is 0.268 e. The fraction of sp³-hybridized carbons (Fsp3) is 0.120. The maximum absolute atomic E-state index is 13.1. The maximum atomic E-state index is 13.1. The second-order valence-corrected chi connectivity index (χ2v) is 7.59. The molecule has 1 amide bonds. The van der Waals surface area contributed by atoms with Gasteiger partial charge >= 0.3 is 0 Å². The predicted octanol–water partition coefficient (Wildman–Crippen LogP) is 3.92. The van der Waals surface area contributed by atoms with Crippen LogP contribution in [-0.4, -0.2) is 21.4 Å². The topological polar surface area (TPSA) is 104 Å². The lowest BCUT2D eigenvalue weighted by Gasteiger charge is -2.12. The van der Waals surface area contributed by atoms with Crippen LogP contribution in [0.25, 0.3) is 10.9 Å². The van der Waals surface area contributed by atoms with Crippen LogP contribution in [0.4, 0.5) is 0 Å². The molecule has 0 spiro atoms. The highest BCUT2D eigenvalue weighted by molar-refractivity contribution is 5.99.